The van der Waals surface area contributed by atoms with E-state index in [-0.39, 0.29) is 5.91 Å². The third kappa shape index (κ3) is 5.47. The van der Waals surface area contributed by atoms with Gasteiger partial charge in [0.05, 0.1) is 19.0 Å². The van der Waals surface area contributed by atoms with Crippen molar-refractivity contribution in [1.82, 2.24) is 10.3 Å². The van der Waals surface area contributed by atoms with Crippen LogP contribution in [0.1, 0.15) is 21.6 Å². The Morgan fingerprint density at radius 3 is 2.57 bits per heavy atom. The average molecular weight is 396 g/mol. The second-order valence-corrected chi connectivity index (χ2v) is 6.67. The van der Waals surface area contributed by atoms with Crippen molar-refractivity contribution in [2.75, 3.05) is 19.0 Å². The molecule has 0 aliphatic rings. The van der Waals surface area contributed by atoms with Gasteiger partial charge in [-0.3, -0.25) is 4.79 Å². The molecule has 3 aromatic rings. The van der Waals surface area contributed by atoms with E-state index in [4.69, 9.17) is 16.3 Å². The quantitative estimate of drug-likeness (QED) is 0.596. The largest absolute Gasteiger partial charge is 0.496 e. The fraction of sp³-hybridized carbons (Fsp3) is 0.182. The first kappa shape index (κ1) is 19.7. The van der Waals surface area contributed by atoms with E-state index in [1.54, 1.807) is 19.4 Å². The number of benzene rings is 2. The lowest BCUT2D eigenvalue weighted by atomic mass is 10.1. The molecular weight excluding hydrogens is 374 g/mol. The molecule has 0 saturated heterocycles. The third-order valence-corrected chi connectivity index (χ3v) is 4.53. The highest BCUT2D eigenvalue weighted by atomic mass is 35.5. The maximum absolute atomic E-state index is 12.3. The molecule has 0 saturated carbocycles. The molecule has 0 aliphatic heterocycles. The fourth-order valence-corrected chi connectivity index (χ4v) is 2.88. The SMILES string of the molecule is COc1ccccc1CCNC(=O)c1ccc(NCc2ccc(Cl)cc2)cn1. The second-order valence-electron chi connectivity index (χ2n) is 6.23. The minimum Gasteiger partial charge on any atom is -0.496 e. The molecule has 1 heterocycles. The number of para-hydroxylation sites is 1. The van der Waals surface area contributed by atoms with E-state index in [1.807, 2.05) is 54.6 Å². The molecule has 0 unspecified atom stereocenters. The molecule has 0 aliphatic carbocycles. The second kappa shape index (κ2) is 9.76. The molecule has 1 amide bonds. The number of hydrogen-bond donors (Lipinski definition) is 2. The van der Waals surface area contributed by atoms with Crippen LogP contribution in [0.5, 0.6) is 5.75 Å². The topological polar surface area (TPSA) is 63.2 Å². The predicted octanol–water partition coefficient (Wildman–Crippen LogP) is 4.33. The molecule has 0 fully saturated rings. The lowest BCUT2D eigenvalue weighted by Crippen LogP contribution is -2.26. The molecule has 6 heteroatoms. The van der Waals surface area contributed by atoms with Crippen LogP contribution in [0.15, 0.2) is 66.9 Å². The molecule has 28 heavy (non-hydrogen) atoms. The fourth-order valence-electron chi connectivity index (χ4n) is 2.75. The van der Waals surface area contributed by atoms with Crippen LogP contribution in [0.4, 0.5) is 5.69 Å². The summed E-state index contributed by atoms with van der Waals surface area (Å²) in [6.07, 6.45) is 2.35. The van der Waals surface area contributed by atoms with Crippen LogP contribution in [0.25, 0.3) is 0 Å². The van der Waals surface area contributed by atoms with Gasteiger partial charge in [-0.1, -0.05) is 41.9 Å². The summed E-state index contributed by atoms with van der Waals surface area (Å²) in [6, 6.07) is 19.0. The average Bonchev–Trinajstić information content (AvgIpc) is 2.74. The number of aromatic nitrogens is 1. The number of anilines is 1. The van der Waals surface area contributed by atoms with E-state index in [0.717, 1.165) is 22.6 Å². The van der Waals surface area contributed by atoms with E-state index in [9.17, 15) is 4.79 Å². The van der Waals surface area contributed by atoms with Gasteiger partial charge >= 0.3 is 0 Å². The molecule has 2 aromatic carbocycles. The number of amides is 1. The van der Waals surface area contributed by atoms with Gasteiger partial charge in [0.1, 0.15) is 11.4 Å². The number of rotatable bonds is 8. The van der Waals surface area contributed by atoms with Crippen LogP contribution in [-0.4, -0.2) is 24.5 Å². The molecule has 2 N–H and O–H groups in total. The van der Waals surface area contributed by atoms with Crippen LogP contribution in [0, 0.1) is 0 Å². The molecule has 5 nitrogen and oxygen atoms in total. The summed E-state index contributed by atoms with van der Waals surface area (Å²) in [5.41, 5.74) is 3.40. The number of methoxy groups -OCH3 is 1. The van der Waals surface area contributed by atoms with Gasteiger partial charge in [-0.2, -0.15) is 0 Å². The van der Waals surface area contributed by atoms with Gasteiger partial charge in [0.15, 0.2) is 0 Å². The zero-order valence-electron chi connectivity index (χ0n) is 15.6. The maximum atomic E-state index is 12.3. The highest BCUT2D eigenvalue weighted by molar-refractivity contribution is 6.30. The summed E-state index contributed by atoms with van der Waals surface area (Å²) in [4.78, 5) is 16.5. The van der Waals surface area contributed by atoms with E-state index in [1.165, 1.54) is 0 Å². The van der Waals surface area contributed by atoms with Crippen molar-refractivity contribution in [2.45, 2.75) is 13.0 Å². The predicted molar refractivity (Wildman–Crippen MR) is 112 cm³/mol. The van der Waals surface area contributed by atoms with Gasteiger partial charge < -0.3 is 15.4 Å². The van der Waals surface area contributed by atoms with Crippen LogP contribution >= 0.6 is 11.6 Å². The molecule has 0 bridgehead atoms. The van der Waals surface area contributed by atoms with Gasteiger partial charge in [0.25, 0.3) is 5.91 Å². The van der Waals surface area contributed by atoms with Crippen molar-refractivity contribution in [3.8, 4) is 5.75 Å². The summed E-state index contributed by atoms with van der Waals surface area (Å²) in [6.45, 7) is 1.17. The summed E-state index contributed by atoms with van der Waals surface area (Å²) in [7, 11) is 1.64. The Balaban J connectivity index is 1.48. The highest BCUT2D eigenvalue weighted by Crippen LogP contribution is 2.17. The van der Waals surface area contributed by atoms with Gasteiger partial charge in [-0.15, -0.1) is 0 Å². The van der Waals surface area contributed by atoms with Crippen molar-refractivity contribution < 1.29 is 9.53 Å². The Bertz CT molecular complexity index is 912. The Morgan fingerprint density at radius 2 is 1.86 bits per heavy atom. The van der Waals surface area contributed by atoms with Crippen molar-refractivity contribution in [3.05, 3.63) is 88.7 Å². The van der Waals surface area contributed by atoms with Crippen LogP contribution in [-0.2, 0) is 13.0 Å². The first-order valence-electron chi connectivity index (χ1n) is 9.00. The zero-order chi connectivity index (χ0) is 19.8. The van der Waals surface area contributed by atoms with Crippen LogP contribution in [0.3, 0.4) is 0 Å². The van der Waals surface area contributed by atoms with E-state index in [0.29, 0.717) is 30.2 Å². The number of ether oxygens (including phenoxy) is 1. The monoisotopic (exact) mass is 395 g/mol. The highest BCUT2D eigenvalue weighted by Gasteiger charge is 2.08. The Morgan fingerprint density at radius 1 is 1.07 bits per heavy atom. The van der Waals surface area contributed by atoms with Crippen molar-refractivity contribution in [2.24, 2.45) is 0 Å². The van der Waals surface area contributed by atoms with Gasteiger partial charge in [-0.05, 0) is 47.9 Å². The van der Waals surface area contributed by atoms with E-state index in [2.05, 4.69) is 15.6 Å². The Hall–Kier alpha value is -3.05. The molecule has 144 valence electrons. The standard InChI is InChI=1S/C22H22ClN3O2/c1-28-21-5-3-2-4-17(21)12-13-24-22(27)20-11-10-19(15-26-20)25-14-16-6-8-18(23)9-7-16/h2-11,15,25H,12-14H2,1H3,(H,24,27). The number of nitrogens with zero attached hydrogens (tertiary/aromatic N) is 1. The number of pyridine rings is 1. The van der Waals surface area contributed by atoms with Crippen LogP contribution < -0.4 is 15.4 Å². The van der Waals surface area contributed by atoms with E-state index < -0.39 is 0 Å². The minimum absolute atomic E-state index is 0.195. The first-order chi connectivity index (χ1) is 13.7. The summed E-state index contributed by atoms with van der Waals surface area (Å²) < 4.78 is 5.32. The first-order valence-corrected chi connectivity index (χ1v) is 9.38. The number of hydrogen-bond acceptors (Lipinski definition) is 4. The molecule has 0 spiro atoms. The lowest BCUT2D eigenvalue weighted by molar-refractivity contribution is 0.0949. The van der Waals surface area contributed by atoms with E-state index >= 15 is 0 Å². The van der Waals surface area contributed by atoms with Gasteiger partial charge in [0.2, 0.25) is 0 Å². The number of carbonyl (C=O) groups is 1. The molecule has 0 atom stereocenters. The lowest BCUT2D eigenvalue weighted by Gasteiger charge is -2.09. The minimum atomic E-state index is -0.195. The number of halogens is 1. The molecular formula is C22H22ClN3O2. The van der Waals surface area contributed by atoms with Crippen LogP contribution in [0.2, 0.25) is 5.02 Å². The van der Waals surface area contributed by atoms with Crippen molar-refractivity contribution in [3.63, 3.8) is 0 Å². The normalized spacial score (nSPS) is 10.4. The Kier molecular flexibility index (Phi) is 6.87. The summed E-state index contributed by atoms with van der Waals surface area (Å²) in [5, 5.41) is 6.88. The van der Waals surface area contributed by atoms with Gasteiger partial charge in [0, 0.05) is 18.1 Å². The van der Waals surface area contributed by atoms with Gasteiger partial charge in [-0.25, -0.2) is 4.98 Å². The molecule has 3 rings (SSSR count). The number of carbonyl (C=O) groups excluding carboxylic acids is 1. The van der Waals surface area contributed by atoms with Crippen molar-refractivity contribution in [1.29, 1.82) is 0 Å². The molecule has 1 aromatic heterocycles. The summed E-state index contributed by atoms with van der Waals surface area (Å²) >= 11 is 5.89. The Labute approximate surface area is 169 Å². The van der Waals surface area contributed by atoms with Crippen molar-refractivity contribution >= 4 is 23.2 Å². The smallest absolute Gasteiger partial charge is 0.269 e. The third-order valence-electron chi connectivity index (χ3n) is 4.28. The summed E-state index contributed by atoms with van der Waals surface area (Å²) in [5.74, 6) is 0.630. The molecule has 0 radical (unpaired) electrons. The number of nitrogens with one attached hydrogen (secondary N) is 2. The zero-order valence-corrected chi connectivity index (χ0v) is 16.4. The maximum Gasteiger partial charge on any atom is 0.269 e.